The first-order chi connectivity index (χ1) is 9.28. The van der Waals surface area contributed by atoms with E-state index in [1.54, 1.807) is 18.5 Å². The Morgan fingerprint density at radius 3 is 2.74 bits per heavy atom. The van der Waals surface area contributed by atoms with Gasteiger partial charge in [-0.15, -0.1) is 0 Å². The molecule has 0 unspecified atom stereocenters. The van der Waals surface area contributed by atoms with E-state index in [9.17, 15) is 4.39 Å². The lowest BCUT2D eigenvalue weighted by Gasteiger charge is -2.06. The number of ether oxygens (including phenoxy) is 1. The van der Waals surface area contributed by atoms with Crippen LogP contribution in [-0.4, -0.2) is 11.5 Å². The Hall–Kier alpha value is -2.38. The van der Waals surface area contributed by atoms with Gasteiger partial charge in [0, 0.05) is 24.0 Å². The molecule has 0 aliphatic heterocycles. The lowest BCUT2D eigenvalue weighted by Crippen LogP contribution is -1.97. The number of aromatic nitrogens is 1. The molecule has 0 spiro atoms. The quantitative estimate of drug-likeness (QED) is 0.856. The minimum Gasteiger partial charge on any atom is -0.489 e. The summed E-state index contributed by atoms with van der Waals surface area (Å²) in [5.41, 5.74) is 6.80. The van der Waals surface area contributed by atoms with E-state index in [1.807, 2.05) is 12.1 Å². The minimum absolute atomic E-state index is 0.240. The average molecular weight is 256 g/mol. The number of hydrogen-bond donors (Lipinski definition) is 1. The van der Waals surface area contributed by atoms with Crippen LogP contribution in [0.5, 0.6) is 5.75 Å². The third-order valence-electron chi connectivity index (χ3n) is 2.36. The Morgan fingerprint density at radius 1 is 1.21 bits per heavy atom. The van der Waals surface area contributed by atoms with E-state index in [0.29, 0.717) is 17.9 Å². The zero-order valence-corrected chi connectivity index (χ0v) is 10.3. The number of benzene rings is 1. The lowest BCUT2D eigenvalue weighted by atomic mass is 10.2. The van der Waals surface area contributed by atoms with Crippen molar-refractivity contribution in [3.63, 3.8) is 0 Å². The molecule has 0 atom stereocenters. The van der Waals surface area contributed by atoms with Crippen molar-refractivity contribution in [3.8, 4) is 17.6 Å². The lowest BCUT2D eigenvalue weighted by molar-refractivity contribution is 0.304. The number of hydrogen-bond acceptors (Lipinski definition) is 3. The monoisotopic (exact) mass is 256 g/mol. The molecule has 0 bridgehead atoms. The van der Waals surface area contributed by atoms with Gasteiger partial charge < -0.3 is 10.5 Å². The topological polar surface area (TPSA) is 48.1 Å². The van der Waals surface area contributed by atoms with Gasteiger partial charge >= 0.3 is 0 Å². The second-order valence-corrected chi connectivity index (χ2v) is 3.83. The maximum absolute atomic E-state index is 13.4. The summed E-state index contributed by atoms with van der Waals surface area (Å²) in [4.78, 5) is 3.92. The van der Waals surface area contributed by atoms with Gasteiger partial charge in [0.05, 0.1) is 6.54 Å². The molecule has 0 amide bonds. The SMILES string of the molecule is NCC#Cc1cc(F)cc(OCc2ccncc2)c1. The molecule has 2 aromatic rings. The van der Waals surface area contributed by atoms with Gasteiger partial charge in [-0.25, -0.2) is 4.39 Å². The molecule has 2 N–H and O–H groups in total. The number of pyridine rings is 1. The van der Waals surface area contributed by atoms with Gasteiger partial charge in [0.15, 0.2) is 0 Å². The van der Waals surface area contributed by atoms with Crippen LogP contribution in [0.2, 0.25) is 0 Å². The van der Waals surface area contributed by atoms with E-state index in [0.717, 1.165) is 5.56 Å². The molecule has 0 fully saturated rings. The highest BCUT2D eigenvalue weighted by atomic mass is 19.1. The Labute approximate surface area is 111 Å². The van der Waals surface area contributed by atoms with Crippen LogP contribution in [0, 0.1) is 17.7 Å². The molecule has 2 rings (SSSR count). The highest BCUT2D eigenvalue weighted by molar-refractivity contribution is 5.40. The fourth-order valence-corrected chi connectivity index (χ4v) is 1.52. The molecule has 96 valence electrons. The number of halogens is 1. The van der Waals surface area contributed by atoms with Crippen molar-refractivity contribution in [2.75, 3.05) is 6.54 Å². The summed E-state index contributed by atoms with van der Waals surface area (Å²) in [5, 5.41) is 0. The standard InChI is InChI=1S/C15H13FN2O/c16-14-8-13(2-1-5-17)9-15(10-14)19-11-12-3-6-18-7-4-12/h3-4,6-10H,5,11,17H2. The summed E-state index contributed by atoms with van der Waals surface area (Å²) in [6, 6.07) is 8.05. The van der Waals surface area contributed by atoms with Gasteiger partial charge in [-0.2, -0.15) is 0 Å². The molecule has 4 heteroatoms. The number of nitrogens with two attached hydrogens (primary N) is 1. The van der Waals surface area contributed by atoms with Gasteiger partial charge in [-0.05, 0) is 29.8 Å². The fraction of sp³-hybridized carbons (Fsp3) is 0.133. The molecule has 0 saturated heterocycles. The molecular weight excluding hydrogens is 243 g/mol. The van der Waals surface area contributed by atoms with Crippen LogP contribution >= 0.6 is 0 Å². The minimum atomic E-state index is -0.381. The molecule has 1 aromatic carbocycles. The Morgan fingerprint density at radius 2 is 2.00 bits per heavy atom. The fourth-order valence-electron chi connectivity index (χ4n) is 1.52. The highest BCUT2D eigenvalue weighted by Crippen LogP contribution is 2.17. The highest BCUT2D eigenvalue weighted by Gasteiger charge is 2.01. The third-order valence-corrected chi connectivity index (χ3v) is 2.36. The van der Waals surface area contributed by atoms with E-state index in [1.165, 1.54) is 12.1 Å². The van der Waals surface area contributed by atoms with Crippen molar-refractivity contribution in [1.82, 2.24) is 4.98 Å². The van der Waals surface area contributed by atoms with Gasteiger partial charge in [0.2, 0.25) is 0 Å². The normalized spacial score (nSPS) is 9.58. The van der Waals surface area contributed by atoms with E-state index in [4.69, 9.17) is 10.5 Å². The van der Waals surface area contributed by atoms with Crippen molar-refractivity contribution in [1.29, 1.82) is 0 Å². The predicted molar refractivity (Wildman–Crippen MR) is 70.9 cm³/mol. The maximum atomic E-state index is 13.4. The third kappa shape index (κ3) is 4.09. The van der Waals surface area contributed by atoms with E-state index < -0.39 is 0 Å². The number of rotatable bonds is 3. The first-order valence-corrected chi connectivity index (χ1v) is 5.79. The first kappa shape index (κ1) is 13.1. The average Bonchev–Trinajstić information content (AvgIpc) is 2.43. The number of nitrogens with zero attached hydrogens (tertiary/aromatic N) is 1. The molecule has 0 aliphatic rings. The van der Waals surface area contributed by atoms with Crippen LogP contribution in [0.1, 0.15) is 11.1 Å². The summed E-state index contributed by atoms with van der Waals surface area (Å²) in [7, 11) is 0. The van der Waals surface area contributed by atoms with Gasteiger partial charge in [0.1, 0.15) is 18.2 Å². The molecule has 3 nitrogen and oxygen atoms in total. The van der Waals surface area contributed by atoms with Crippen molar-refractivity contribution in [2.24, 2.45) is 5.73 Å². The summed E-state index contributed by atoms with van der Waals surface area (Å²) < 4.78 is 18.9. The van der Waals surface area contributed by atoms with E-state index >= 15 is 0 Å². The van der Waals surface area contributed by atoms with Gasteiger partial charge in [-0.3, -0.25) is 4.98 Å². The van der Waals surface area contributed by atoms with Crippen LogP contribution in [0.4, 0.5) is 4.39 Å². The zero-order chi connectivity index (χ0) is 13.5. The Balaban J connectivity index is 2.10. The largest absolute Gasteiger partial charge is 0.489 e. The smallest absolute Gasteiger partial charge is 0.128 e. The summed E-state index contributed by atoms with van der Waals surface area (Å²) in [6.45, 7) is 0.597. The van der Waals surface area contributed by atoms with E-state index in [2.05, 4.69) is 16.8 Å². The second kappa shape index (κ2) is 6.53. The summed E-state index contributed by atoms with van der Waals surface area (Å²) in [5.74, 6) is 5.52. The van der Waals surface area contributed by atoms with Crippen molar-refractivity contribution in [2.45, 2.75) is 6.61 Å². The molecule has 0 aliphatic carbocycles. The summed E-state index contributed by atoms with van der Waals surface area (Å²) >= 11 is 0. The molecule has 19 heavy (non-hydrogen) atoms. The first-order valence-electron chi connectivity index (χ1n) is 5.79. The van der Waals surface area contributed by atoms with Crippen molar-refractivity contribution >= 4 is 0 Å². The maximum Gasteiger partial charge on any atom is 0.128 e. The molecule has 1 heterocycles. The van der Waals surface area contributed by atoms with Crippen molar-refractivity contribution in [3.05, 3.63) is 59.7 Å². The second-order valence-electron chi connectivity index (χ2n) is 3.83. The van der Waals surface area contributed by atoms with Gasteiger partial charge in [0.25, 0.3) is 0 Å². The predicted octanol–water partition coefficient (Wildman–Crippen LogP) is 2.11. The Kier molecular flexibility index (Phi) is 4.49. The van der Waals surface area contributed by atoms with Crippen molar-refractivity contribution < 1.29 is 9.13 Å². The zero-order valence-electron chi connectivity index (χ0n) is 10.3. The molecular formula is C15H13FN2O. The van der Waals surface area contributed by atoms with Crippen LogP contribution in [-0.2, 0) is 6.61 Å². The van der Waals surface area contributed by atoms with Crippen LogP contribution in [0.25, 0.3) is 0 Å². The summed E-state index contributed by atoms with van der Waals surface area (Å²) in [6.07, 6.45) is 3.37. The van der Waals surface area contributed by atoms with Crippen LogP contribution < -0.4 is 10.5 Å². The molecule has 0 radical (unpaired) electrons. The van der Waals surface area contributed by atoms with Gasteiger partial charge in [-0.1, -0.05) is 11.8 Å². The van der Waals surface area contributed by atoms with Crippen LogP contribution in [0.15, 0.2) is 42.7 Å². The Bertz CT molecular complexity index is 603. The van der Waals surface area contributed by atoms with E-state index in [-0.39, 0.29) is 12.4 Å². The molecule has 1 aromatic heterocycles. The molecule has 0 saturated carbocycles. The van der Waals surface area contributed by atoms with Crippen LogP contribution in [0.3, 0.4) is 0 Å².